The summed E-state index contributed by atoms with van der Waals surface area (Å²) in [7, 11) is 1.63. The van der Waals surface area contributed by atoms with Crippen LogP contribution in [-0.2, 0) is 11.2 Å². The van der Waals surface area contributed by atoms with Gasteiger partial charge < -0.3 is 15.0 Å². The Balaban J connectivity index is 1.89. The standard InChI is InChI=1S/C15H19N3O2/c1-20-14-5-2-12(3-6-14)4-7-15(19)18-9-8-17-11-13(18)10-16/h2-3,5-6,13,17H,4,7-9,11H2,1H3. The van der Waals surface area contributed by atoms with Gasteiger partial charge in [0.05, 0.1) is 13.2 Å². The number of methoxy groups -OCH3 is 1. The fraction of sp³-hybridized carbons (Fsp3) is 0.467. The van der Waals surface area contributed by atoms with E-state index in [1.54, 1.807) is 12.0 Å². The fourth-order valence-corrected chi connectivity index (χ4v) is 2.31. The first-order chi connectivity index (χ1) is 9.74. The predicted molar refractivity (Wildman–Crippen MR) is 75.3 cm³/mol. The van der Waals surface area contributed by atoms with E-state index >= 15 is 0 Å². The highest BCUT2D eigenvalue weighted by molar-refractivity contribution is 5.77. The second kappa shape index (κ2) is 6.92. The molecule has 0 spiro atoms. The molecule has 1 saturated heterocycles. The van der Waals surface area contributed by atoms with Gasteiger partial charge in [-0.05, 0) is 24.1 Å². The summed E-state index contributed by atoms with van der Waals surface area (Å²) in [5.41, 5.74) is 1.10. The molecule has 0 radical (unpaired) electrons. The smallest absolute Gasteiger partial charge is 0.224 e. The van der Waals surface area contributed by atoms with Gasteiger partial charge in [-0.15, -0.1) is 0 Å². The number of nitrogens with one attached hydrogen (secondary N) is 1. The lowest BCUT2D eigenvalue weighted by molar-refractivity contribution is -0.133. The van der Waals surface area contributed by atoms with Crippen LogP contribution in [0.15, 0.2) is 24.3 Å². The normalized spacial score (nSPS) is 18.4. The molecule has 1 unspecified atom stereocenters. The van der Waals surface area contributed by atoms with Crippen molar-refractivity contribution in [2.75, 3.05) is 26.7 Å². The van der Waals surface area contributed by atoms with E-state index in [-0.39, 0.29) is 11.9 Å². The number of amides is 1. The maximum absolute atomic E-state index is 12.2. The summed E-state index contributed by atoms with van der Waals surface area (Å²) in [6.07, 6.45) is 1.12. The van der Waals surface area contributed by atoms with E-state index in [4.69, 9.17) is 10.00 Å². The van der Waals surface area contributed by atoms with Crippen LogP contribution in [0.4, 0.5) is 0 Å². The number of benzene rings is 1. The van der Waals surface area contributed by atoms with Crippen molar-refractivity contribution < 1.29 is 9.53 Å². The van der Waals surface area contributed by atoms with Crippen molar-refractivity contribution >= 4 is 5.91 Å². The number of hydrogen-bond acceptors (Lipinski definition) is 4. The first kappa shape index (κ1) is 14.4. The van der Waals surface area contributed by atoms with Crippen molar-refractivity contribution in [3.05, 3.63) is 29.8 Å². The summed E-state index contributed by atoms with van der Waals surface area (Å²) in [4.78, 5) is 13.9. The number of nitriles is 1. The summed E-state index contributed by atoms with van der Waals surface area (Å²) in [5, 5.41) is 12.2. The minimum absolute atomic E-state index is 0.0499. The minimum atomic E-state index is -0.341. The molecule has 2 rings (SSSR count). The molecule has 1 aliphatic heterocycles. The van der Waals surface area contributed by atoms with Crippen LogP contribution in [-0.4, -0.2) is 43.6 Å². The SMILES string of the molecule is COc1ccc(CCC(=O)N2CCNCC2C#N)cc1. The molecule has 1 aromatic carbocycles. The summed E-state index contributed by atoms with van der Waals surface area (Å²) in [6, 6.07) is 9.54. The maximum atomic E-state index is 12.2. The van der Waals surface area contributed by atoms with E-state index < -0.39 is 0 Å². The molecule has 5 nitrogen and oxygen atoms in total. The second-order valence-corrected chi connectivity index (χ2v) is 4.78. The number of aryl methyl sites for hydroxylation is 1. The van der Waals surface area contributed by atoms with Crippen LogP contribution in [0.3, 0.4) is 0 Å². The zero-order valence-electron chi connectivity index (χ0n) is 11.6. The molecule has 0 saturated carbocycles. The topological polar surface area (TPSA) is 65.4 Å². The van der Waals surface area contributed by atoms with E-state index in [1.807, 2.05) is 24.3 Å². The largest absolute Gasteiger partial charge is 0.497 e. The number of hydrogen-bond donors (Lipinski definition) is 1. The third kappa shape index (κ3) is 3.49. The first-order valence-corrected chi connectivity index (χ1v) is 6.77. The van der Waals surface area contributed by atoms with Gasteiger partial charge in [0.25, 0.3) is 0 Å². The number of nitrogens with zero attached hydrogens (tertiary/aromatic N) is 2. The van der Waals surface area contributed by atoms with E-state index in [0.29, 0.717) is 25.9 Å². The molecular weight excluding hydrogens is 254 g/mol. The van der Waals surface area contributed by atoms with Crippen molar-refractivity contribution in [3.63, 3.8) is 0 Å². The lowest BCUT2D eigenvalue weighted by Crippen LogP contribution is -2.53. The van der Waals surface area contributed by atoms with E-state index in [0.717, 1.165) is 17.9 Å². The van der Waals surface area contributed by atoms with Gasteiger partial charge in [-0.3, -0.25) is 4.79 Å². The van der Waals surface area contributed by atoms with Gasteiger partial charge in [-0.2, -0.15) is 5.26 Å². The molecule has 0 aliphatic carbocycles. The van der Waals surface area contributed by atoms with Crippen LogP contribution in [0, 0.1) is 11.3 Å². The zero-order chi connectivity index (χ0) is 14.4. The summed E-state index contributed by atoms with van der Waals surface area (Å²) < 4.78 is 5.10. The van der Waals surface area contributed by atoms with Gasteiger partial charge in [0.2, 0.25) is 5.91 Å². The Morgan fingerprint density at radius 3 is 2.90 bits per heavy atom. The molecule has 1 fully saturated rings. The molecule has 20 heavy (non-hydrogen) atoms. The van der Waals surface area contributed by atoms with Crippen LogP contribution in [0.5, 0.6) is 5.75 Å². The van der Waals surface area contributed by atoms with Gasteiger partial charge in [0.15, 0.2) is 0 Å². The molecule has 1 aliphatic rings. The van der Waals surface area contributed by atoms with E-state index in [2.05, 4.69) is 11.4 Å². The average Bonchev–Trinajstić information content (AvgIpc) is 2.53. The Labute approximate surface area is 119 Å². The lowest BCUT2D eigenvalue weighted by Gasteiger charge is -2.32. The van der Waals surface area contributed by atoms with Crippen molar-refractivity contribution in [1.82, 2.24) is 10.2 Å². The van der Waals surface area contributed by atoms with E-state index in [1.165, 1.54) is 0 Å². The van der Waals surface area contributed by atoms with Crippen LogP contribution >= 0.6 is 0 Å². The van der Waals surface area contributed by atoms with Crippen molar-refractivity contribution in [1.29, 1.82) is 5.26 Å². The van der Waals surface area contributed by atoms with Crippen molar-refractivity contribution in [3.8, 4) is 11.8 Å². The molecule has 1 atom stereocenters. The fourth-order valence-electron chi connectivity index (χ4n) is 2.31. The third-order valence-corrected chi connectivity index (χ3v) is 3.50. The first-order valence-electron chi connectivity index (χ1n) is 6.77. The van der Waals surface area contributed by atoms with Crippen LogP contribution in [0.2, 0.25) is 0 Å². The summed E-state index contributed by atoms with van der Waals surface area (Å²) in [5.74, 6) is 0.862. The summed E-state index contributed by atoms with van der Waals surface area (Å²) in [6.45, 7) is 1.93. The molecule has 1 amide bonds. The average molecular weight is 273 g/mol. The van der Waals surface area contributed by atoms with Gasteiger partial charge in [-0.25, -0.2) is 0 Å². The Morgan fingerprint density at radius 1 is 1.50 bits per heavy atom. The molecule has 0 aromatic heterocycles. The van der Waals surface area contributed by atoms with Gasteiger partial charge in [0, 0.05) is 26.1 Å². The highest BCUT2D eigenvalue weighted by Gasteiger charge is 2.25. The third-order valence-electron chi connectivity index (χ3n) is 3.50. The predicted octanol–water partition coefficient (Wildman–Crippen LogP) is 0.952. The maximum Gasteiger partial charge on any atom is 0.224 e. The molecule has 0 bridgehead atoms. The Kier molecular flexibility index (Phi) is 4.97. The van der Waals surface area contributed by atoms with Gasteiger partial charge in [0.1, 0.15) is 11.8 Å². The molecular formula is C15H19N3O2. The highest BCUT2D eigenvalue weighted by atomic mass is 16.5. The van der Waals surface area contributed by atoms with Crippen molar-refractivity contribution in [2.45, 2.75) is 18.9 Å². The quantitative estimate of drug-likeness (QED) is 0.887. The monoisotopic (exact) mass is 273 g/mol. The molecule has 5 heteroatoms. The molecule has 106 valence electrons. The number of ether oxygens (including phenoxy) is 1. The number of carbonyl (C=O) groups is 1. The molecule has 1 aromatic rings. The molecule has 1 heterocycles. The highest BCUT2D eigenvalue weighted by Crippen LogP contribution is 2.14. The number of rotatable bonds is 4. The van der Waals surface area contributed by atoms with Crippen molar-refractivity contribution in [2.24, 2.45) is 0 Å². The number of carbonyl (C=O) groups excluding carboxylic acids is 1. The Morgan fingerprint density at radius 2 is 2.25 bits per heavy atom. The van der Waals surface area contributed by atoms with E-state index in [9.17, 15) is 4.79 Å². The zero-order valence-corrected chi connectivity index (χ0v) is 11.6. The number of piperazine rings is 1. The Hall–Kier alpha value is -2.06. The van der Waals surface area contributed by atoms with Crippen LogP contribution < -0.4 is 10.1 Å². The lowest BCUT2D eigenvalue weighted by atomic mass is 10.1. The minimum Gasteiger partial charge on any atom is -0.497 e. The Bertz CT molecular complexity index is 493. The molecule has 1 N–H and O–H groups in total. The second-order valence-electron chi connectivity index (χ2n) is 4.78. The van der Waals surface area contributed by atoms with Crippen LogP contribution in [0.25, 0.3) is 0 Å². The van der Waals surface area contributed by atoms with Gasteiger partial charge in [-0.1, -0.05) is 12.1 Å². The van der Waals surface area contributed by atoms with Gasteiger partial charge >= 0.3 is 0 Å². The van der Waals surface area contributed by atoms with Crippen LogP contribution in [0.1, 0.15) is 12.0 Å². The summed E-state index contributed by atoms with van der Waals surface area (Å²) >= 11 is 0.